The first-order chi connectivity index (χ1) is 11.0. The zero-order valence-electron chi connectivity index (χ0n) is 13.8. The molecule has 2 rings (SSSR count). The van der Waals surface area contributed by atoms with E-state index in [-0.39, 0.29) is 30.2 Å². The highest BCUT2D eigenvalue weighted by molar-refractivity contribution is 5.92. The van der Waals surface area contributed by atoms with Crippen molar-refractivity contribution in [2.24, 2.45) is 5.92 Å². The average Bonchev–Trinajstić information content (AvgIpc) is 2.51. The summed E-state index contributed by atoms with van der Waals surface area (Å²) >= 11 is 0. The standard InChI is InChI=1S/C19H23FN2O/c1-13(2)19(15-8-10-16(20)11-9-15)21-12-18(23)22-17-7-5-4-6-14(17)3/h4-11,13,19,21H,12H2,1-3H3,(H,22,23). The van der Waals surface area contributed by atoms with Gasteiger partial charge in [-0.1, -0.05) is 44.2 Å². The van der Waals surface area contributed by atoms with Crippen molar-refractivity contribution in [2.75, 3.05) is 11.9 Å². The van der Waals surface area contributed by atoms with E-state index in [0.29, 0.717) is 0 Å². The molecule has 0 bridgehead atoms. The second kappa shape index (κ2) is 7.88. The van der Waals surface area contributed by atoms with E-state index in [1.54, 1.807) is 12.1 Å². The predicted octanol–water partition coefficient (Wildman–Crippen LogP) is 4.06. The van der Waals surface area contributed by atoms with E-state index in [0.717, 1.165) is 16.8 Å². The Labute approximate surface area is 136 Å². The largest absolute Gasteiger partial charge is 0.325 e. The number of anilines is 1. The summed E-state index contributed by atoms with van der Waals surface area (Å²) in [4.78, 5) is 12.1. The molecular weight excluding hydrogens is 291 g/mol. The van der Waals surface area contributed by atoms with Gasteiger partial charge in [-0.05, 0) is 42.2 Å². The minimum Gasteiger partial charge on any atom is -0.325 e. The molecular formula is C19H23FN2O. The maximum atomic E-state index is 13.1. The Morgan fingerprint density at radius 2 is 1.74 bits per heavy atom. The van der Waals surface area contributed by atoms with Gasteiger partial charge in [-0.25, -0.2) is 4.39 Å². The maximum Gasteiger partial charge on any atom is 0.238 e. The molecule has 0 saturated carbocycles. The highest BCUT2D eigenvalue weighted by Crippen LogP contribution is 2.21. The van der Waals surface area contributed by atoms with Crippen molar-refractivity contribution in [3.05, 3.63) is 65.5 Å². The van der Waals surface area contributed by atoms with Crippen LogP contribution in [0.25, 0.3) is 0 Å². The van der Waals surface area contributed by atoms with E-state index in [4.69, 9.17) is 0 Å². The van der Waals surface area contributed by atoms with Crippen molar-refractivity contribution >= 4 is 11.6 Å². The average molecular weight is 314 g/mol. The molecule has 0 radical (unpaired) electrons. The van der Waals surface area contributed by atoms with Gasteiger partial charge in [0, 0.05) is 11.7 Å². The van der Waals surface area contributed by atoms with Crippen LogP contribution in [0.15, 0.2) is 48.5 Å². The monoisotopic (exact) mass is 314 g/mol. The molecule has 0 fully saturated rings. The second-order valence-corrected chi connectivity index (χ2v) is 6.02. The summed E-state index contributed by atoms with van der Waals surface area (Å²) in [7, 11) is 0. The van der Waals surface area contributed by atoms with Crippen LogP contribution in [0.3, 0.4) is 0 Å². The van der Waals surface area contributed by atoms with E-state index >= 15 is 0 Å². The highest BCUT2D eigenvalue weighted by atomic mass is 19.1. The van der Waals surface area contributed by atoms with Gasteiger partial charge in [0.15, 0.2) is 0 Å². The highest BCUT2D eigenvalue weighted by Gasteiger charge is 2.16. The molecule has 1 amide bonds. The fourth-order valence-corrected chi connectivity index (χ4v) is 2.52. The normalized spacial score (nSPS) is 12.2. The zero-order valence-corrected chi connectivity index (χ0v) is 13.8. The summed E-state index contributed by atoms with van der Waals surface area (Å²) in [6, 6.07) is 14.1. The Morgan fingerprint density at radius 1 is 1.09 bits per heavy atom. The summed E-state index contributed by atoms with van der Waals surface area (Å²) in [5, 5.41) is 6.16. The molecule has 0 aliphatic rings. The van der Waals surface area contributed by atoms with Crippen LogP contribution >= 0.6 is 0 Å². The SMILES string of the molecule is Cc1ccccc1NC(=O)CNC(c1ccc(F)cc1)C(C)C. The Bertz CT molecular complexity index is 653. The van der Waals surface area contributed by atoms with Gasteiger partial charge in [0.2, 0.25) is 5.91 Å². The minimum absolute atomic E-state index is 0.00165. The third-order valence-electron chi connectivity index (χ3n) is 3.80. The number of hydrogen-bond donors (Lipinski definition) is 2. The summed E-state index contributed by atoms with van der Waals surface area (Å²) < 4.78 is 13.1. The molecule has 4 heteroatoms. The van der Waals surface area contributed by atoms with Crippen molar-refractivity contribution in [3.63, 3.8) is 0 Å². The molecule has 1 unspecified atom stereocenters. The van der Waals surface area contributed by atoms with Crippen LogP contribution in [0.2, 0.25) is 0 Å². The van der Waals surface area contributed by atoms with Crippen LogP contribution in [-0.2, 0) is 4.79 Å². The van der Waals surface area contributed by atoms with E-state index in [2.05, 4.69) is 24.5 Å². The van der Waals surface area contributed by atoms with E-state index in [1.807, 2.05) is 31.2 Å². The van der Waals surface area contributed by atoms with E-state index in [1.165, 1.54) is 12.1 Å². The third-order valence-corrected chi connectivity index (χ3v) is 3.80. The molecule has 0 spiro atoms. The predicted molar refractivity (Wildman–Crippen MR) is 91.8 cm³/mol. The molecule has 0 saturated heterocycles. The van der Waals surface area contributed by atoms with Crippen LogP contribution in [-0.4, -0.2) is 12.5 Å². The fourth-order valence-electron chi connectivity index (χ4n) is 2.52. The van der Waals surface area contributed by atoms with Gasteiger partial charge in [-0.3, -0.25) is 4.79 Å². The number of hydrogen-bond acceptors (Lipinski definition) is 2. The van der Waals surface area contributed by atoms with Gasteiger partial charge in [0.1, 0.15) is 5.82 Å². The lowest BCUT2D eigenvalue weighted by Crippen LogP contribution is -2.33. The van der Waals surface area contributed by atoms with Crippen molar-refractivity contribution in [3.8, 4) is 0 Å². The van der Waals surface area contributed by atoms with Gasteiger partial charge < -0.3 is 10.6 Å². The maximum absolute atomic E-state index is 13.1. The van der Waals surface area contributed by atoms with Crippen molar-refractivity contribution in [1.82, 2.24) is 5.32 Å². The van der Waals surface area contributed by atoms with Crippen molar-refractivity contribution in [1.29, 1.82) is 0 Å². The smallest absolute Gasteiger partial charge is 0.238 e. The molecule has 0 aliphatic carbocycles. The molecule has 0 heterocycles. The number of rotatable bonds is 6. The molecule has 1 atom stereocenters. The lowest BCUT2D eigenvalue weighted by Gasteiger charge is -2.23. The zero-order chi connectivity index (χ0) is 16.8. The quantitative estimate of drug-likeness (QED) is 0.844. The Morgan fingerprint density at radius 3 is 2.35 bits per heavy atom. The Hall–Kier alpha value is -2.20. The number of aryl methyl sites for hydroxylation is 1. The van der Waals surface area contributed by atoms with Crippen LogP contribution in [0, 0.1) is 18.7 Å². The molecule has 23 heavy (non-hydrogen) atoms. The fraction of sp³-hybridized carbons (Fsp3) is 0.316. The summed E-state index contributed by atoms with van der Waals surface area (Å²) in [6.45, 7) is 6.30. The lowest BCUT2D eigenvalue weighted by atomic mass is 9.96. The first kappa shape index (κ1) is 17.2. The first-order valence-electron chi connectivity index (χ1n) is 7.81. The van der Waals surface area contributed by atoms with Gasteiger partial charge in [0.05, 0.1) is 6.54 Å². The Balaban J connectivity index is 1.97. The second-order valence-electron chi connectivity index (χ2n) is 6.02. The molecule has 0 aliphatic heterocycles. The number of para-hydroxylation sites is 1. The van der Waals surface area contributed by atoms with Crippen LogP contribution in [0.1, 0.15) is 31.0 Å². The van der Waals surface area contributed by atoms with Crippen LogP contribution in [0.4, 0.5) is 10.1 Å². The van der Waals surface area contributed by atoms with Gasteiger partial charge in [-0.2, -0.15) is 0 Å². The Kier molecular flexibility index (Phi) is 5.88. The van der Waals surface area contributed by atoms with Crippen LogP contribution in [0.5, 0.6) is 0 Å². The third kappa shape index (κ3) is 4.89. The number of carbonyl (C=O) groups is 1. The summed E-state index contributed by atoms with van der Waals surface area (Å²) in [5.41, 5.74) is 2.83. The van der Waals surface area contributed by atoms with Crippen molar-refractivity contribution < 1.29 is 9.18 Å². The first-order valence-corrected chi connectivity index (χ1v) is 7.81. The van der Waals surface area contributed by atoms with Crippen molar-refractivity contribution in [2.45, 2.75) is 26.8 Å². The molecule has 3 nitrogen and oxygen atoms in total. The van der Waals surface area contributed by atoms with Crippen LogP contribution < -0.4 is 10.6 Å². The topological polar surface area (TPSA) is 41.1 Å². The molecule has 0 aromatic heterocycles. The molecule has 2 aromatic rings. The van der Waals surface area contributed by atoms with E-state index < -0.39 is 0 Å². The lowest BCUT2D eigenvalue weighted by molar-refractivity contribution is -0.115. The number of benzene rings is 2. The number of amides is 1. The van der Waals surface area contributed by atoms with Gasteiger partial charge in [0.25, 0.3) is 0 Å². The number of carbonyl (C=O) groups excluding carboxylic acids is 1. The summed E-state index contributed by atoms with van der Waals surface area (Å²) in [6.07, 6.45) is 0. The van der Waals surface area contributed by atoms with Gasteiger partial charge in [-0.15, -0.1) is 0 Å². The van der Waals surface area contributed by atoms with E-state index in [9.17, 15) is 9.18 Å². The molecule has 122 valence electrons. The molecule has 2 N–H and O–H groups in total. The number of halogens is 1. The van der Waals surface area contributed by atoms with Gasteiger partial charge >= 0.3 is 0 Å². The minimum atomic E-state index is -0.256. The number of nitrogens with one attached hydrogen (secondary N) is 2. The summed E-state index contributed by atoms with van der Waals surface area (Å²) in [5.74, 6) is -0.0627. The molecule has 2 aromatic carbocycles.